The van der Waals surface area contributed by atoms with Crippen LogP contribution in [0.4, 0.5) is 5.69 Å². The normalized spacial score (nSPS) is 11.4. The number of hydrogen-bond donors (Lipinski definition) is 2. The maximum absolute atomic E-state index is 11.6. The van der Waals surface area contributed by atoms with Crippen LogP contribution in [-0.2, 0) is 14.8 Å². The molecule has 0 bridgehead atoms. The molecule has 2 aromatic rings. The molecule has 0 unspecified atom stereocenters. The number of benzene rings is 1. The standard InChI is InChI=1S/C11H13N5O4S/c1-6-8(3-7(12)4-9(6)21(13,18)19)16-5-14-10(15-16)11(17)20-2/h3-5H,12H2,1-2H3,(H2,13,18,19). The number of anilines is 1. The summed E-state index contributed by atoms with van der Waals surface area (Å²) in [7, 11) is -2.73. The smallest absolute Gasteiger partial charge is 0.377 e. The van der Waals surface area contributed by atoms with E-state index >= 15 is 0 Å². The minimum absolute atomic E-state index is 0.118. The summed E-state index contributed by atoms with van der Waals surface area (Å²) in [5, 5.41) is 9.06. The fourth-order valence-electron chi connectivity index (χ4n) is 1.79. The first-order chi connectivity index (χ1) is 9.74. The SMILES string of the molecule is COC(=O)c1ncn(-c2cc(N)cc(S(N)(=O)=O)c2C)n1. The van der Waals surface area contributed by atoms with Crippen LogP contribution in [0.15, 0.2) is 23.4 Å². The maximum atomic E-state index is 11.6. The Hall–Kier alpha value is -2.46. The second kappa shape index (κ2) is 5.14. The second-order valence-electron chi connectivity index (χ2n) is 4.21. The molecule has 0 fully saturated rings. The van der Waals surface area contributed by atoms with Gasteiger partial charge in [0, 0.05) is 5.69 Å². The molecule has 9 nitrogen and oxygen atoms in total. The number of sulfonamides is 1. The van der Waals surface area contributed by atoms with Crippen molar-refractivity contribution >= 4 is 21.7 Å². The molecule has 112 valence electrons. The van der Waals surface area contributed by atoms with Crippen molar-refractivity contribution in [3.63, 3.8) is 0 Å². The number of nitrogen functional groups attached to an aromatic ring is 1. The maximum Gasteiger partial charge on any atom is 0.377 e. The van der Waals surface area contributed by atoms with Crippen molar-refractivity contribution < 1.29 is 17.9 Å². The lowest BCUT2D eigenvalue weighted by Gasteiger charge is -2.11. The Morgan fingerprint density at radius 2 is 2.05 bits per heavy atom. The number of nitrogens with two attached hydrogens (primary N) is 2. The number of carbonyl (C=O) groups excluding carboxylic acids is 1. The Kier molecular flexibility index (Phi) is 3.66. The van der Waals surface area contributed by atoms with Gasteiger partial charge in [-0.05, 0) is 24.6 Å². The van der Waals surface area contributed by atoms with Gasteiger partial charge in [-0.3, -0.25) is 0 Å². The molecule has 0 aliphatic rings. The van der Waals surface area contributed by atoms with Gasteiger partial charge in [-0.15, -0.1) is 5.10 Å². The molecule has 0 radical (unpaired) electrons. The minimum Gasteiger partial charge on any atom is -0.463 e. The van der Waals surface area contributed by atoms with Gasteiger partial charge in [0.1, 0.15) is 6.33 Å². The third-order valence-corrected chi connectivity index (χ3v) is 3.81. The predicted octanol–water partition coefficient (Wildman–Crippen LogP) is -0.408. The summed E-state index contributed by atoms with van der Waals surface area (Å²) >= 11 is 0. The molecular weight excluding hydrogens is 298 g/mol. The average Bonchev–Trinajstić information content (AvgIpc) is 2.88. The van der Waals surface area contributed by atoms with Crippen LogP contribution < -0.4 is 10.9 Å². The number of nitrogens with zero attached hydrogens (tertiary/aromatic N) is 3. The quantitative estimate of drug-likeness (QED) is 0.579. The highest BCUT2D eigenvalue weighted by atomic mass is 32.2. The van der Waals surface area contributed by atoms with E-state index < -0.39 is 16.0 Å². The molecule has 10 heteroatoms. The molecule has 4 N–H and O–H groups in total. The van der Waals surface area contributed by atoms with E-state index in [1.807, 2.05) is 0 Å². The van der Waals surface area contributed by atoms with Gasteiger partial charge in [0.2, 0.25) is 10.0 Å². The molecule has 21 heavy (non-hydrogen) atoms. The van der Waals surface area contributed by atoms with Crippen molar-refractivity contribution in [3.05, 3.63) is 29.8 Å². The first kappa shape index (κ1) is 14.9. The van der Waals surface area contributed by atoms with Gasteiger partial charge in [0.15, 0.2) is 0 Å². The largest absolute Gasteiger partial charge is 0.463 e. The number of carbonyl (C=O) groups is 1. The lowest BCUT2D eigenvalue weighted by Crippen LogP contribution is -2.16. The van der Waals surface area contributed by atoms with Crippen LogP contribution in [-0.4, -0.2) is 36.3 Å². The third kappa shape index (κ3) is 2.85. The number of ether oxygens (including phenoxy) is 1. The fourth-order valence-corrected chi connectivity index (χ4v) is 2.62. The molecule has 0 saturated heterocycles. The first-order valence-electron chi connectivity index (χ1n) is 5.67. The molecule has 0 aliphatic heterocycles. The summed E-state index contributed by atoms with van der Waals surface area (Å²) in [6.07, 6.45) is 1.25. The molecule has 0 aliphatic carbocycles. The Labute approximate surface area is 120 Å². The van der Waals surface area contributed by atoms with Crippen molar-refractivity contribution in [1.29, 1.82) is 0 Å². The molecular formula is C11H13N5O4S. The summed E-state index contributed by atoms with van der Waals surface area (Å²) in [6, 6.07) is 2.76. The predicted molar refractivity (Wildman–Crippen MR) is 73.2 cm³/mol. The van der Waals surface area contributed by atoms with Crippen LogP contribution in [0.2, 0.25) is 0 Å². The number of methoxy groups -OCH3 is 1. The van der Waals surface area contributed by atoms with Gasteiger partial charge >= 0.3 is 5.97 Å². The number of hydrogen-bond acceptors (Lipinski definition) is 7. The highest BCUT2D eigenvalue weighted by molar-refractivity contribution is 7.89. The first-order valence-corrected chi connectivity index (χ1v) is 7.22. The van der Waals surface area contributed by atoms with Gasteiger partial charge in [0.05, 0.1) is 17.7 Å². The summed E-state index contributed by atoms with van der Waals surface area (Å²) in [5.41, 5.74) is 6.56. The molecule has 1 aromatic carbocycles. The third-order valence-electron chi connectivity index (χ3n) is 2.77. The highest BCUT2D eigenvalue weighted by Gasteiger charge is 2.18. The van der Waals surface area contributed by atoms with E-state index in [-0.39, 0.29) is 16.4 Å². The molecule has 0 atom stereocenters. The zero-order chi connectivity index (χ0) is 15.8. The van der Waals surface area contributed by atoms with E-state index in [0.717, 1.165) is 0 Å². The monoisotopic (exact) mass is 311 g/mol. The van der Waals surface area contributed by atoms with Crippen LogP contribution in [0.1, 0.15) is 16.2 Å². The summed E-state index contributed by atoms with van der Waals surface area (Å²) < 4.78 is 28.8. The van der Waals surface area contributed by atoms with Crippen molar-refractivity contribution in [3.8, 4) is 5.69 Å². The van der Waals surface area contributed by atoms with Gasteiger partial charge in [-0.25, -0.2) is 28.0 Å². The Bertz CT molecular complexity index is 812. The van der Waals surface area contributed by atoms with Crippen molar-refractivity contribution in [2.24, 2.45) is 5.14 Å². The zero-order valence-corrected chi connectivity index (χ0v) is 12.1. The van der Waals surface area contributed by atoms with Gasteiger partial charge < -0.3 is 10.5 Å². The zero-order valence-electron chi connectivity index (χ0n) is 11.3. The van der Waals surface area contributed by atoms with E-state index in [0.29, 0.717) is 11.3 Å². The Morgan fingerprint density at radius 3 is 2.62 bits per heavy atom. The average molecular weight is 311 g/mol. The molecule has 0 spiro atoms. The highest BCUT2D eigenvalue weighted by Crippen LogP contribution is 2.24. The van der Waals surface area contributed by atoms with Crippen LogP contribution in [0.5, 0.6) is 0 Å². The number of primary sulfonamides is 1. The lowest BCUT2D eigenvalue weighted by molar-refractivity contribution is 0.0587. The van der Waals surface area contributed by atoms with E-state index in [4.69, 9.17) is 10.9 Å². The number of aromatic nitrogens is 3. The molecule has 1 heterocycles. The molecule has 2 rings (SSSR count). The van der Waals surface area contributed by atoms with Crippen LogP contribution in [0.25, 0.3) is 5.69 Å². The van der Waals surface area contributed by atoms with Crippen LogP contribution >= 0.6 is 0 Å². The van der Waals surface area contributed by atoms with Crippen molar-refractivity contribution in [1.82, 2.24) is 14.8 Å². The topological polar surface area (TPSA) is 143 Å². The molecule has 0 saturated carbocycles. The second-order valence-corrected chi connectivity index (χ2v) is 5.74. The van der Waals surface area contributed by atoms with E-state index in [2.05, 4.69) is 14.8 Å². The number of esters is 1. The van der Waals surface area contributed by atoms with Gasteiger partial charge in [-0.2, -0.15) is 0 Å². The lowest BCUT2D eigenvalue weighted by atomic mass is 10.2. The summed E-state index contributed by atoms with van der Waals surface area (Å²) in [5.74, 6) is -0.863. The van der Waals surface area contributed by atoms with Crippen LogP contribution in [0.3, 0.4) is 0 Å². The fraction of sp³-hybridized carbons (Fsp3) is 0.182. The Balaban J connectivity index is 2.62. The summed E-state index contributed by atoms with van der Waals surface area (Å²) in [6.45, 7) is 1.55. The minimum atomic E-state index is -3.93. The van der Waals surface area contributed by atoms with E-state index in [1.165, 1.54) is 30.3 Å². The number of rotatable bonds is 3. The van der Waals surface area contributed by atoms with Crippen LogP contribution in [0, 0.1) is 6.92 Å². The van der Waals surface area contributed by atoms with Crippen molar-refractivity contribution in [2.45, 2.75) is 11.8 Å². The molecule has 1 aromatic heterocycles. The van der Waals surface area contributed by atoms with Crippen molar-refractivity contribution in [2.75, 3.05) is 12.8 Å². The van der Waals surface area contributed by atoms with Gasteiger partial charge in [-0.1, -0.05) is 0 Å². The van der Waals surface area contributed by atoms with E-state index in [9.17, 15) is 13.2 Å². The van der Waals surface area contributed by atoms with E-state index in [1.54, 1.807) is 6.92 Å². The van der Waals surface area contributed by atoms with Gasteiger partial charge in [0.25, 0.3) is 5.82 Å². The summed E-state index contributed by atoms with van der Waals surface area (Å²) in [4.78, 5) is 15.0. The Morgan fingerprint density at radius 1 is 1.38 bits per heavy atom. The molecule has 0 amide bonds.